The van der Waals surface area contributed by atoms with Gasteiger partial charge in [-0.25, -0.2) is 0 Å². The van der Waals surface area contributed by atoms with Crippen LogP contribution in [-0.4, -0.2) is 50.6 Å². The summed E-state index contributed by atoms with van der Waals surface area (Å²) in [6, 6.07) is 13.8. The van der Waals surface area contributed by atoms with Crippen molar-refractivity contribution in [1.29, 1.82) is 0 Å². The van der Waals surface area contributed by atoms with Gasteiger partial charge in [-0.1, -0.05) is 19.1 Å². The summed E-state index contributed by atoms with van der Waals surface area (Å²) in [5.41, 5.74) is 4.79. The molecular formula is C22H29N3O2. The van der Waals surface area contributed by atoms with Gasteiger partial charge >= 0.3 is 0 Å². The van der Waals surface area contributed by atoms with Gasteiger partial charge in [-0.15, -0.1) is 0 Å². The zero-order valence-corrected chi connectivity index (χ0v) is 16.5. The maximum atomic E-state index is 12.6. The van der Waals surface area contributed by atoms with Gasteiger partial charge in [0, 0.05) is 50.2 Å². The van der Waals surface area contributed by atoms with E-state index in [0.29, 0.717) is 12.2 Å². The Hall–Kier alpha value is -2.37. The topological polar surface area (TPSA) is 44.8 Å². The van der Waals surface area contributed by atoms with Crippen LogP contribution < -0.4 is 10.2 Å². The van der Waals surface area contributed by atoms with Crippen molar-refractivity contribution in [2.75, 3.05) is 50.1 Å². The van der Waals surface area contributed by atoms with Crippen molar-refractivity contribution in [3.05, 3.63) is 59.2 Å². The maximum absolute atomic E-state index is 12.6. The van der Waals surface area contributed by atoms with Gasteiger partial charge in [0.05, 0.1) is 6.61 Å². The Morgan fingerprint density at radius 2 is 1.89 bits per heavy atom. The number of benzene rings is 2. The molecule has 0 spiro atoms. The number of carbonyl (C=O) groups excluding carboxylic acids is 1. The summed E-state index contributed by atoms with van der Waals surface area (Å²) in [6.07, 6.45) is 0. The minimum absolute atomic E-state index is 0.0969. The van der Waals surface area contributed by atoms with E-state index in [9.17, 15) is 4.79 Å². The number of ether oxygens (including phenoxy) is 1. The molecule has 5 heteroatoms. The van der Waals surface area contributed by atoms with Crippen LogP contribution in [0.3, 0.4) is 0 Å². The van der Waals surface area contributed by atoms with Gasteiger partial charge < -0.3 is 19.9 Å². The van der Waals surface area contributed by atoms with Crippen molar-refractivity contribution in [2.45, 2.75) is 20.5 Å². The van der Waals surface area contributed by atoms with E-state index in [-0.39, 0.29) is 5.91 Å². The van der Waals surface area contributed by atoms with E-state index in [2.05, 4.69) is 34.2 Å². The van der Waals surface area contributed by atoms with Crippen LogP contribution in [0.5, 0.6) is 0 Å². The molecule has 144 valence electrons. The van der Waals surface area contributed by atoms with Crippen LogP contribution in [0.2, 0.25) is 0 Å². The largest absolute Gasteiger partial charge is 0.380 e. The Morgan fingerprint density at radius 3 is 2.56 bits per heavy atom. The molecule has 0 aliphatic carbocycles. The Kier molecular flexibility index (Phi) is 6.48. The van der Waals surface area contributed by atoms with E-state index in [4.69, 9.17) is 4.74 Å². The van der Waals surface area contributed by atoms with Gasteiger partial charge in [-0.05, 0) is 54.9 Å². The van der Waals surface area contributed by atoms with Crippen LogP contribution in [0, 0.1) is 6.92 Å². The lowest BCUT2D eigenvalue weighted by molar-refractivity contribution is 0.102. The highest BCUT2D eigenvalue weighted by Gasteiger charge is 2.17. The second-order valence-corrected chi connectivity index (χ2v) is 7.01. The fourth-order valence-corrected chi connectivity index (χ4v) is 3.47. The number of amides is 1. The molecule has 1 amide bonds. The van der Waals surface area contributed by atoms with Gasteiger partial charge in [0.15, 0.2) is 0 Å². The maximum Gasteiger partial charge on any atom is 0.255 e. The van der Waals surface area contributed by atoms with Crippen molar-refractivity contribution < 1.29 is 9.53 Å². The molecule has 2 aromatic carbocycles. The van der Waals surface area contributed by atoms with Crippen molar-refractivity contribution in [3.63, 3.8) is 0 Å². The molecule has 1 aliphatic rings. The number of nitrogens with one attached hydrogen (secondary N) is 1. The van der Waals surface area contributed by atoms with Crippen molar-refractivity contribution >= 4 is 17.3 Å². The molecule has 27 heavy (non-hydrogen) atoms. The van der Waals surface area contributed by atoms with Crippen LogP contribution in [0.4, 0.5) is 11.4 Å². The van der Waals surface area contributed by atoms with Gasteiger partial charge in [0.2, 0.25) is 0 Å². The summed E-state index contributed by atoms with van der Waals surface area (Å²) < 4.78 is 5.15. The molecule has 0 atom stereocenters. The minimum Gasteiger partial charge on any atom is -0.380 e. The number of carbonyl (C=O) groups is 1. The van der Waals surface area contributed by atoms with E-state index in [1.54, 1.807) is 7.11 Å². The zero-order chi connectivity index (χ0) is 19.2. The van der Waals surface area contributed by atoms with Crippen molar-refractivity contribution in [2.24, 2.45) is 0 Å². The zero-order valence-electron chi connectivity index (χ0n) is 16.5. The molecule has 3 rings (SSSR count). The molecule has 0 saturated carbocycles. The van der Waals surface area contributed by atoms with Crippen LogP contribution in [-0.2, 0) is 11.3 Å². The number of rotatable bonds is 6. The first-order valence-electron chi connectivity index (χ1n) is 9.58. The number of nitrogens with zero attached hydrogens (tertiary/aromatic N) is 2. The Bertz CT molecular complexity index is 783. The Balaban J connectivity index is 1.67. The normalized spacial score (nSPS) is 15.0. The average Bonchev–Trinajstić information content (AvgIpc) is 2.70. The quantitative estimate of drug-likeness (QED) is 0.848. The summed E-state index contributed by atoms with van der Waals surface area (Å²) in [4.78, 5) is 17.5. The second-order valence-electron chi connectivity index (χ2n) is 7.01. The van der Waals surface area contributed by atoms with Gasteiger partial charge in [-0.2, -0.15) is 0 Å². The molecule has 5 nitrogen and oxygen atoms in total. The summed E-state index contributed by atoms with van der Waals surface area (Å²) in [6.45, 7) is 10.2. The SMILES string of the molecule is CCN1CCN(c2ccc(NC(=O)c3cccc(COC)c3)c(C)c2)CC1. The van der Waals surface area contributed by atoms with E-state index in [1.807, 2.05) is 37.3 Å². The Labute approximate surface area is 161 Å². The monoisotopic (exact) mass is 367 g/mol. The highest BCUT2D eigenvalue weighted by atomic mass is 16.5. The third kappa shape index (κ3) is 4.87. The summed E-state index contributed by atoms with van der Waals surface area (Å²) in [5.74, 6) is -0.0969. The van der Waals surface area contributed by atoms with Crippen molar-refractivity contribution in [3.8, 4) is 0 Å². The fraction of sp³-hybridized carbons (Fsp3) is 0.409. The lowest BCUT2D eigenvalue weighted by atomic mass is 10.1. The van der Waals surface area contributed by atoms with Gasteiger partial charge in [0.25, 0.3) is 5.91 Å². The van der Waals surface area contributed by atoms with Gasteiger partial charge in [0.1, 0.15) is 0 Å². The molecule has 2 aromatic rings. The number of aryl methyl sites for hydroxylation is 1. The molecular weight excluding hydrogens is 338 g/mol. The highest BCUT2D eigenvalue weighted by molar-refractivity contribution is 6.04. The second kappa shape index (κ2) is 9.02. The Morgan fingerprint density at radius 1 is 1.11 bits per heavy atom. The number of anilines is 2. The minimum atomic E-state index is -0.0969. The first-order chi connectivity index (χ1) is 13.1. The third-order valence-electron chi connectivity index (χ3n) is 5.14. The van der Waals surface area contributed by atoms with E-state index >= 15 is 0 Å². The van der Waals surface area contributed by atoms with Crippen LogP contribution >= 0.6 is 0 Å². The predicted octanol–water partition coefficient (Wildman–Crippen LogP) is 3.54. The average molecular weight is 367 g/mol. The van der Waals surface area contributed by atoms with E-state index in [0.717, 1.165) is 49.5 Å². The van der Waals surface area contributed by atoms with E-state index in [1.165, 1.54) is 5.69 Å². The number of piperazine rings is 1. The molecule has 0 radical (unpaired) electrons. The molecule has 0 bridgehead atoms. The van der Waals surface area contributed by atoms with Crippen LogP contribution in [0.25, 0.3) is 0 Å². The number of likely N-dealkylation sites (N-methyl/N-ethyl adjacent to an activating group) is 1. The molecule has 1 heterocycles. The molecule has 1 N–H and O–H groups in total. The van der Waals surface area contributed by atoms with Crippen LogP contribution in [0.1, 0.15) is 28.4 Å². The summed E-state index contributed by atoms with van der Waals surface area (Å²) in [5, 5.41) is 3.04. The van der Waals surface area contributed by atoms with Crippen molar-refractivity contribution in [1.82, 2.24) is 4.90 Å². The molecule has 0 aromatic heterocycles. The standard InChI is InChI=1S/C22H29N3O2/c1-4-24-10-12-25(13-11-24)20-8-9-21(17(2)14-20)23-22(26)19-7-5-6-18(15-19)16-27-3/h5-9,14-15H,4,10-13,16H2,1-3H3,(H,23,26). The number of hydrogen-bond acceptors (Lipinski definition) is 4. The number of methoxy groups -OCH3 is 1. The van der Waals surface area contributed by atoms with E-state index < -0.39 is 0 Å². The first kappa shape index (κ1) is 19.4. The highest BCUT2D eigenvalue weighted by Crippen LogP contribution is 2.24. The smallest absolute Gasteiger partial charge is 0.255 e. The fourth-order valence-electron chi connectivity index (χ4n) is 3.47. The summed E-state index contributed by atoms with van der Waals surface area (Å²) >= 11 is 0. The molecule has 0 unspecified atom stereocenters. The lowest BCUT2D eigenvalue weighted by Crippen LogP contribution is -2.46. The predicted molar refractivity (Wildman–Crippen MR) is 111 cm³/mol. The molecule has 1 saturated heterocycles. The van der Waals surface area contributed by atoms with Crippen LogP contribution in [0.15, 0.2) is 42.5 Å². The molecule has 1 aliphatic heterocycles. The lowest BCUT2D eigenvalue weighted by Gasteiger charge is -2.35. The summed E-state index contributed by atoms with van der Waals surface area (Å²) in [7, 11) is 1.65. The number of hydrogen-bond donors (Lipinski definition) is 1. The molecule has 1 fully saturated rings. The first-order valence-corrected chi connectivity index (χ1v) is 9.58. The third-order valence-corrected chi connectivity index (χ3v) is 5.14. The van der Waals surface area contributed by atoms with Gasteiger partial charge in [-0.3, -0.25) is 4.79 Å².